The molecule has 1 amide bonds. The van der Waals surface area contributed by atoms with Crippen molar-refractivity contribution in [3.8, 4) is 17.2 Å². The number of hydrogen-bond acceptors (Lipinski definition) is 7. The van der Waals surface area contributed by atoms with E-state index in [0.29, 0.717) is 36.5 Å². The molecule has 1 unspecified atom stereocenters. The molecule has 2 aromatic rings. The van der Waals surface area contributed by atoms with Crippen molar-refractivity contribution in [3.63, 3.8) is 0 Å². The van der Waals surface area contributed by atoms with Gasteiger partial charge in [0.25, 0.3) is 11.7 Å². The van der Waals surface area contributed by atoms with Crippen LogP contribution in [-0.2, 0) is 19.7 Å². The standard InChI is InChI=1S/C28H35NO7/c1-7-36-22-16-17(9-11-20(22)30)24-23(26(32)27(33)29(24)13-8-14-34-5)25(31)18-10-12-21(35-6)19(15-18)28(2,3)4/h9-12,15-16,24,30-31H,7-8,13-14H2,1-6H3/b25-23+. The summed E-state index contributed by atoms with van der Waals surface area (Å²) < 4.78 is 16.2. The van der Waals surface area contributed by atoms with Gasteiger partial charge >= 0.3 is 0 Å². The molecule has 2 N–H and O–H groups in total. The Kier molecular flexibility index (Phi) is 8.30. The number of aliphatic hydroxyl groups excluding tert-OH is 1. The van der Waals surface area contributed by atoms with Crippen LogP contribution >= 0.6 is 0 Å². The van der Waals surface area contributed by atoms with Crippen LogP contribution in [0.1, 0.15) is 56.8 Å². The number of phenols is 1. The van der Waals surface area contributed by atoms with Crippen molar-refractivity contribution < 1.29 is 34.0 Å². The third kappa shape index (κ3) is 5.33. The lowest BCUT2D eigenvalue weighted by atomic mass is 9.84. The van der Waals surface area contributed by atoms with Crippen LogP contribution in [0.4, 0.5) is 0 Å². The van der Waals surface area contributed by atoms with E-state index in [1.807, 2.05) is 20.8 Å². The number of amides is 1. The number of methoxy groups -OCH3 is 2. The third-order valence-corrected chi connectivity index (χ3v) is 6.17. The van der Waals surface area contributed by atoms with E-state index in [0.717, 1.165) is 5.56 Å². The number of aromatic hydroxyl groups is 1. The Morgan fingerprint density at radius 2 is 1.78 bits per heavy atom. The van der Waals surface area contributed by atoms with Gasteiger partial charge in [-0.2, -0.15) is 0 Å². The predicted molar refractivity (Wildman–Crippen MR) is 136 cm³/mol. The minimum atomic E-state index is -0.859. The first-order chi connectivity index (χ1) is 17.0. The lowest BCUT2D eigenvalue weighted by molar-refractivity contribution is -0.140. The van der Waals surface area contributed by atoms with Crippen molar-refractivity contribution in [2.75, 3.05) is 34.0 Å². The molecule has 0 bridgehead atoms. The van der Waals surface area contributed by atoms with Crippen molar-refractivity contribution in [3.05, 3.63) is 58.7 Å². The molecule has 1 fully saturated rings. The Labute approximate surface area is 212 Å². The van der Waals surface area contributed by atoms with Gasteiger partial charge in [-0.1, -0.05) is 26.8 Å². The van der Waals surface area contributed by atoms with Crippen LogP contribution in [-0.4, -0.2) is 60.8 Å². The summed E-state index contributed by atoms with van der Waals surface area (Å²) in [6, 6.07) is 9.02. The summed E-state index contributed by atoms with van der Waals surface area (Å²) >= 11 is 0. The van der Waals surface area contributed by atoms with Gasteiger partial charge in [0.1, 0.15) is 11.5 Å². The van der Waals surface area contributed by atoms with Crippen LogP contribution < -0.4 is 9.47 Å². The summed E-state index contributed by atoms with van der Waals surface area (Å²) in [6.07, 6.45) is 0.507. The number of hydrogen-bond donors (Lipinski definition) is 2. The van der Waals surface area contributed by atoms with E-state index in [1.54, 1.807) is 51.5 Å². The highest BCUT2D eigenvalue weighted by atomic mass is 16.5. The smallest absolute Gasteiger partial charge is 0.295 e. The molecule has 194 valence electrons. The van der Waals surface area contributed by atoms with Crippen LogP contribution in [0.5, 0.6) is 17.2 Å². The van der Waals surface area contributed by atoms with Crippen molar-refractivity contribution in [2.45, 2.75) is 45.6 Å². The summed E-state index contributed by atoms with van der Waals surface area (Å²) in [6.45, 7) is 8.84. The first kappa shape index (κ1) is 27.1. The first-order valence-electron chi connectivity index (χ1n) is 12.0. The highest BCUT2D eigenvalue weighted by Gasteiger charge is 2.46. The van der Waals surface area contributed by atoms with E-state index in [4.69, 9.17) is 14.2 Å². The molecule has 1 heterocycles. The molecule has 1 saturated heterocycles. The topological polar surface area (TPSA) is 106 Å². The fourth-order valence-corrected chi connectivity index (χ4v) is 4.41. The van der Waals surface area contributed by atoms with Gasteiger partial charge in [-0.3, -0.25) is 9.59 Å². The van der Waals surface area contributed by atoms with Crippen LogP contribution in [0.25, 0.3) is 5.76 Å². The van der Waals surface area contributed by atoms with Gasteiger partial charge in [-0.05, 0) is 54.7 Å². The van der Waals surface area contributed by atoms with Crippen LogP contribution in [0, 0.1) is 0 Å². The van der Waals surface area contributed by atoms with Crippen molar-refractivity contribution in [1.82, 2.24) is 4.90 Å². The number of benzene rings is 2. The summed E-state index contributed by atoms with van der Waals surface area (Å²) in [5.41, 5.74) is 1.48. The van der Waals surface area contributed by atoms with Gasteiger partial charge in [0.15, 0.2) is 11.5 Å². The molecule has 0 spiro atoms. The van der Waals surface area contributed by atoms with Gasteiger partial charge in [-0.15, -0.1) is 0 Å². The maximum absolute atomic E-state index is 13.3. The summed E-state index contributed by atoms with van der Waals surface area (Å²) in [5, 5.41) is 21.6. The fraction of sp³-hybridized carbons (Fsp3) is 0.429. The van der Waals surface area contributed by atoms with E-state index in [1.165, 1.54) is 11.0 Å². The minimum absolute atomic E-state index is 0.0180. The predicted octanol–water partition coefficient (Wildman–Crippen LogP) is 4.56. The molecule has 1 aliphatic heterocycles. The fourth-order valence-electron chi connectivity index (χ4n) is 4.41. The van der Waals surface area contributed by atoms with E-state index in [-0.39, 0.29) is 34.8 Å². The third-order valence-electron chi connectivity index (χ3n) is 6.17. The number of nitrogens with zero attached hydrogens (tertiary/aromatic N) is 1. The molecule has 1 aliphatic rings. The Balaban J connectivity index is 2.21. The monoisotopic (exact) mass is 497 g/mol. The molecule has 8 heteroatoms. The number of phenolic OH excluding ortho intramolecular Hbond substituents is 1. The molecule has 0 aromatic heterocycles. The van der Waals surface area contributed by atoms with E-state index in [9.17, 15) is 19.8 Å². The molecular weight excluding hydrogens is 462 g/mol. The number of ketones is 1. The number of rotatable bonds is 9. The molecule has 1 atom stereocenters. The zero-order valence-electron chi connectivity index (χ0n) is 21.8. The average Bonchev–Trinajstić information content (AvgIpc) is 3.09. The van der Waals surface area contributed by atoms with Gasteiger partial charge in [0.2, 0.25) is 0 Å². The molecule has 36 heavy (non-hydrogen) atoms. The zero-order chi connectivity index (χ0) is 26.6. The lowest BCUT2D eigenvalue weighted by Gasteiger charge is -2.26. The molecule has 2 aromatic carbocycles. The maximum atomic E-state index is 13.3. The molecular formula is C28H35NO7. The Bertz CT molecular complexity index is 1160. The van der Waals surface area contributed by atoms with Crippen LogP contribution in [0.2, 0.25) is 0 Å². The van der Waals surface area contributed by atoms with Crippen LogP contribution in [0.3, 0.4) is 0 Å². The second kappa shape index (κ2) is 11.0. The molecule has 8 nitrogen and oxygen atoms in total. The van der Waals surface area contributed by atoms with Gasteiger partial charge in [0, 0.05) is 31.4 Å². The summed E-state index contributed by atoms with van der Waals surface area (Å²) in [5.74, 6) is -0.900. The Hall–Kier alpha value is -3.52. The number of carbonyl (C=O) groups is 2. The lowest BCUT2D eigenvalue weighted by Crippen LogP contribution is -2.31. The van der Waals surface area contributed by atoms with Gasteiger partial charge in [0.05, 0.1) is 25.3 Å². The average molecular weight is 498 g/mol. The minimum Gasteiger partial charge on any atom is -0.507 e. The van der Waals surface area contributed by atoms with Gasteiger partial charge < -0.3 is 29.3 Å². The van der Waals surface area contributed by atoms with Crippen LogP contribution in [0.15, 0.2) is 42.0 Å². The van der Waals surface area contributed by atoms with Crippen molar-refractivity contribution in [1.29, 1.82) is 0 Å². The summed E-state index contributed by atoms with van der Waals surface area (Å²) in [7, 11) is 3.15. The molecule has 3 rings (SSSR count). The summed E-state index contributed by atoms with van der Waals surface area (Å²) in [4.78, 5) is 27.8. The quantitative estimate of drug-likeness (QED) is 0.227. The Morgan fingerprint density at radius 1 is 1.06 bits per heavy atom. The number of Topliss-reactive ketones (excluding diaryl/α,β-unsaturated/α-hetero) is 1. The van der Waals surface area contributed by atoms with E-state index in [2.05, 4.69) is 0 Å². The number of aliphatic hydroxyl groups is 1. The highest BCUT2D eigenvalue weighted by Crippen LogP contribution is 2.43. The van der Waals surface area contributed by atoms with E-state index >= 15 is 0 Å². The number of carbonyl (C=O) groups excluding carboxylic acids is 2. The largest absolute Gasteiger partial charge is 0.507 e. The van der Waals surface area contributed by atoms with E-state index < -0.39 is 17.7 Å². The molecule has 0 radical (unpaired) electrons. The second-order valence-electron chi connectivity index (χ2n) is 9.66. The van der Waals surface area contributed by atoms with Crippen molar-refractivity contribution in [2.24, 2.45) is 0 Å². The first-order valence-corrected chi connectivity index (χ1v) is 12.0. The molecule has 0 aliphatic carbocycles. The number of ether oxygens (including phenoxy) is 3. The normalized spacial score (nSPS) is 17.5. The SMILES string of the molecule is CCOc1cc(C2/C(=C(\O)c3ccc(OC)c(C(C)(C)C)c3)C(=O)C(=O)N2CCCOC)ccc1O. The second-order valence-corrected chi connectivity index (χ2v) is 9.66. The van der Waals surface area contributed by atoms with Gasteiger partial charge in [-0.25, -0.2) is 0 Å². The maximum Gasteiger partial charge on any atom is 0.295 e. The highest BCUT2D eigenvalue weighted by molar-refractivity contribution is 6.46. The molecule has 0 saturated carbocycles. The zero-order valence-corrected chi connectivity index (χ0v) is 21.8. The number of likely N-dealkylation sites (tertiary alicyclic amines) is 1. The van der Waals surface area contributed by atoms with Crippen molar-refractivity contribution >= 4 is 17.4 Å². The Morgan fingerprint density at radius 3 is 2.39 bits per heavy atom.